The Kier molecular flexibility index (Phi) is 2.41. The number of benzene rings is 1. The van der Waals surface area contributed by atoms with Crippen LogP contribution in [0.5, 0.6) is 0 Å². The Morgan fingerprint density at radius 3 is 2.79 bits per heavy atom. The van der Waals surface area contributed by atoms with E-state index in [9.17, 15) is 0 Å². The summed E-state index contributed by atoms with van der Waals surface area (Å²) in [5.74, 6) is 0.567. The van der Waals surface area contributed by atoms with Gasteiger partial charge in [0.2, 0.25) is 0 Å². The van der Waals surface area contributed by atoms with Crippen molar-refractivity contribution in [2.24, 2.45) is 0 Å². The Morgan fingerprint density at radius 2 is 2.14 bits per heavy atom. The first kappa shape index (κ1) is 9.09. The molecule has 2 rings (SSSR count). The monoisotopic (exact) mass is 191 g/mol. The van der Waals surface area contributed by atoms with Crippen LogP contribution in [0.1, 0.15) is 32.3 Å². The molecule has 3 heteroatoms. The van der Waals surface area contributed by atoms with Crippen LogP contribution in [0.3, 0.4) is 0 Å². The van der Waals surface area contributed by atoms with Crippen molar-refractivity contribution in [3.05, 3.63) is 41.6 Å². The Hall–Kier alpha value is -1.48. The fourth-order valence-corrected chi connectivity index (χ4v) is 1.47. The van der Waals surface area contributed by atoms with Gasteiger partial charge in [-0.15, -0.1) is 0 Å². The lowest BCUT2D eigenvalue weighted by atomic mass is 10.00. The fourth-order valence-electron chi connectivity index (χ4n) is 1.47. The molecule has 0 aliphatic carbocycles. The van der Waals surface area contributed by atoms with Crippen LogP contribution in [0.4, 0.5) is 0 Å². The molecule has 0 radical (unpaired) electrons. The molecule has 1 aliphatic rings. The molecule has 0 saturated heterocycles. The molecule has 1 aromatic rings. The van der Waals surface area contributed by atoms with E-state index in [1.165, 1.54) is 11.1 Å². The lowest BCUT2D eigenvalue weighted by Gasteiger charge is -2.08. The van der Waals surface area contributed by atoms with Crippen LogP contribution in [0.15, 0.2) is 30.5 Å². The van der Waals surface area contributed by atoms with Crippen molar-refractivity contribution in [1.29, 1.82) is 0 Å². The average Bonchev–Trinajstić information content (AvgIpc) is 2.71. The fraction of sp³-hybridized carbons (Fsp3) is 0.273. The van der Waals surface area contributed by atoms with E-state index in [1.54, 1.807) is 0 Å². The number of hydrogen-bond donors (Lipinski definition) is 3. The molecule has 1 aliphatic heterocycles. The maximum absolute atomic E-state index is 3.04. The number of hydrogen-bond acceptors (Lipinski definition) is 3. The smallest absolute Gasteiger partial charge is 0.0749 e. The van der Waals surface area contributed by atoms with E-state index >= 15 is 0 Å². The van der Waals surface area contributed by atoms with Gasteiger partial charge in [-0.3, -0.25) is 0 Å². The van der Waals surface area contributed by atoms with Gasteiger partial charge in [-0.2, -0.15) is 5.53 Å². The highest BCUT2D eigenvalue weighted by molar-refractivity contribution is 5.64. The summed E-state index contributed by atoms with van der Waals surface area (Å²) in [4.78, 5) is 0. The number of rotatable bonds is 2. The maximum Gasteiger partial charge on any atom is 0.0749 e. The van der Waals surface area contributed by atoms with Gasteiger partial charge in [0.1, 0.15) is 0 Å². The second kappa shape index (κ2) is 3.72. The van der Waals surface area contributed by atoms with Gasteiger partial charge in [-0.1, -0.05) is 32.0 Å². The van der Waals surface area contributed by atoms with E-state index < -0.39 is 0 Å². The molecular weight excluding hydrogens is 174 g/mol. The molecule has 0 saturated carbocycles. The van der Waals surface area contributed by atoms with Gasteiger partial charge in [0.05, 0.1) is 5.70 Å². The summed E-state index contributed by atoms with van der Waals surface area (Å²) in [7, 11) is 0. The summed E-state index contributed by atoms with van der Waals surface area (Å²) in [6.07, 6.45) is 1.92. The van der Waals surface area contributed by atoms with Gasteiger partial charge in [-0.05, 0) is 17.5 Å². The molecule has 0 atom stereocenters. The quantitative estimate of drug-likeness (QED) is 0.669. The molecule has 0 bridgehead atoms. The van der Waals surface area contributed by atoms with Crippen molar-refractivity contribution in [2.45, 2.75) is 19.8 Å². The first-order valence-electron chi connectivity index (χ1n) is 4.84. The van der Waals surface area contributed by atoms with Crippen LogP contribution >= 0.6 is 0 Å². The Morgan fingerprint density at radius 1 is 1.29 bits per heavy atom. The third-order valence-corrected chi connectivity index (χ3v) is 2.35. The van der Waals surface area contributed by atoms with Crippen LogP contribution in [0.2, 0.25) is 0 Å². The van der Waals surface area contributed by atoms with E-state index in [0.717, 1.165) is 5.70 Å². The SMILES string of the molecule is CC(C)c1cccc(C2=CNNN2)c1.[HH]. The Labute approximate surface area is 85.6 Å². The zero-order valence-electron chi connectivity index (χ0n) is 8.46. The third-order valence-electron chi connectivity index (χ3n) is 2.35. The van der Waals surface area contributed by atoms with E-state index in [1.807, 2.05) is 6.20 Å². The van der Waals surface area contributed by atoms with Gasteiger partial charge in [0.25, 0.3) is 0 Å². The molecule has 0 unspecified atom stereocenters. The van der Waals surface area contributed by atoms with Gasteiger partial charge in [-0.25, -0.2) is 0 Å². The largest absolute Gasteiger partial charge is 0.309 e. The van der Waals surface area contributed by atoms with Crippen molar-refractivity contribution in [3.63, 3.8) is 0 Å². The predicted molar refractivity (Wildman–Crippen MR) is 60.0 cm³/mol. The highest BCUT2D eigenvalue weighted by atomic mass is 15.6. The summed E-state index contributed by atoms with van der Waals surface area (Å²) in [6.45, 7) is 4.40. The van der Waals surface area contributed by atoms with Crippen molar-refractivity contribution in [1.82, 2.24) is 16.4 Å². The molecule has 3 N–H and O–H groups in total. The summed E-state index contributed by atoms with van der Waals surface area (Å²) in [6, 6.07) is 8.55. The second-order valence-corrected chi connectivity index (χ2v) is 3.73. The Bertz CT molecular complexity index is 361. The van der Waals surface area contributed by atoms with Gasteiger partial charge in [0.15, 0.2) is 0 Å². The Balaban J connectivity index is 0.00000112. The van der Waals surface area contributed by atoms with E-state index in [4.69, 9.17) is 0 Å². The summed E-state index contributed by atoms with van der Waals surface area (Å²) < 4.78 is 0. The van der Waals surface area contributed by atoms with Crippen LogP contribution < -0.4 is 16.4 Å². The molecule has 0 fully saturated rings. The van der Waals surface area contributed by atoms with Crippen molar-refractivity contribution in [2.75, 3.05) is 0 Å². The first-order chi connectivity index (χ1) is 6.77. The average molecular weight is 191 g/mol. The molecule has 0 aromatic heterocycles. The van der Waals surface area contributed by atoms with Crippen molar-refractivity contribution < 1.29 is 1.43 Å². The molecule has 1 aromatic carbocycles. The zero-order valence-corrected chi connectivity index (χ0v) is 8.46. The predicted octanol–water partition coefficient (Wildman–Crippen LogP) is 1.97. The third kappa shape index (κ3) is 1.72. The second-order valence-electron chi connectivity index (χ2n) is 3.73. The zero-order chi connectivity index (χ0) is 9.97. The van der Waals surface area contributed by atoms with Crippen LogP contribution in [0.25, 0.3) is 5.70 Å². The molecule has 3 nitrogen and oxygen atoms in total. The van der Waals surface area contributed by atoms with Crippen LogP contribution in [0, 0.1) is 0 Å². The first-order valence-corrected chi connectivity index (χ1v) is 4.84. The normalized spacial score (nSPS) is 14.9. The highest BCUT2D eigenvalue weighted by Gasteiger charge is 2.06. The number of hydrazine groups is 2. The minimum Gasteiger partial charge on any atom is -0.309 e. The minimum atomic E-state index is 0. The van der Waals surface area contributed by atoms with Crippen LogP contribution in [-0.4, -0.2) is 0 Å². The van der Waals surface area contributed by atoms with Gasteiger partial charge < -0.3 is 10.9 Å². The summed E-state index contributed by atoms with van der Waals surface area (Å²) in [5.41, 5.74) is 12.4. The molecule has 0 spiro atoms. The van der Waals surface area contributed by atoms with E-state index in [-0.39, 0.29) is 1.43 Å². The van der Waals surface area contributed by atoms with Crippen LogP contribution in [-0.2, 0) is 0 Å². The lowest BCUT2D eigenvalue weighted by molar-refractivity contribution is 0.620. The summed E-state index contributed by atoms with van der Waals surface area (Å²) in [5, 5.41) is 0. The molecule has 0 amide bonds. The standard InChI is InChI=1S/C11H15N3.H2/c1-8(2)9-4-3-5-10(6-9)11-7-12-14-13-11;/h3-8,12-14H,1-2H3;1H. The van der Waals surface area contributed by atoms with E-state index in [2.05, 4.69) is 54.5 Å². The lowest BCUT2D eigenvalue weighted by Crippen LogP contribution is -2.31. The van der Waals surface area contributed by atoms with Gasteiger partial charge >= 0.3 is 0 Å². The number of nitrogens with one attached hydrogen (secondary N) is 3. The molecular formula is C11H17N3. The summed E-state index contributed by atoms with van der Waals surface area (Å²) >= 11 is 0. The topological polar surface area (TPSA) is 36.1 Å². The van der Waals surface area contributed by atoms with Crippen molar-refractivity contribution in [3.8, 4) is 0 Å². The molecule has 14 heavy (non-hydrogen) atoms. The van der Waals surface area contributed by atoms with Gasteiger partial charge in [0, 0.05) is 13.2 Å². The molecule has 76 valence electrons. The maximum atomic E-state index is 3.04. The molecule has 1 heterocycles. The minimum absolute atomic E-state index is 0. The van der Waals surface area contributed by atoms with Crippen molar-refractivity contribution >= 4 is 5.70 Å². The highest BCUT2D eigenvalue weighted by Crippen LogP contribution is 2.19. The van der Waals surface area contributed by atoms with E-state index in [0.29, 0.717) is 5.92 Å².